The first-order valence-corrected chi connectivity index (χ1v) is 10.4. The van der Waals surface area contributed by atoms with Crippen LogP contribution in [0.3, 0.4) is 0 Å². The van der Waals surface area contributed by atoms with Crippen LogP contribution < -0.4 is 5.73 Å². The third-order valence-corrected chi connectivity index (χ3v) is 5.21. The number of benzene rings is 1. The molecule has 0 aliphatic heterocycles. The average molecular weight is 412 g/mol. The summed E-state index contributed by atoms with van der Waals surface area (Å²) in [6.45, 7) is 16.3. The van der Waals surface area contributed by atoms with E-state index in [4.69, 9.17) is 18.0 Å². The molecule has 3 heteroatoms. The highest BCUT2D eigenvalue weighted by atomic mass is 32.1. The molecule has 0 saturated heterocycles. The van der Waals surface area contributed by atoms with Crippen molar-refractivity contribution in [1.82, 2.24) is 0 Å². The van der Waals surface area contributed by atoms with E-state index in [1.807, 2.05) is 6.92 Å². The Morgan fingerprint density at radius 2 is 1.89 bits per heavy atom. The van der Waals surface area contributed by atoms with Gasteiger partial charge in [-0.25, -0.2) is 0 Å². The van der Waals surface area contributed by atoms with Gasteiger partial charge in [0.05, 0.1) is 4.20 Å². The standard InChI is InChI=1S/C25H33NS2/c1-17(2)24(23(25(27)28)12-8-10-21(6)26)16-19(4)13-14-20(5)22-11-7-9-18(3)15-22/h7,9,11,13-16,23H,1,6,8,10,12,26H2,2-5H3,(H,27,28)/b19-13+,20-14+,24-16+. The highest BCUT2D eigenvalue weighted by Crippen LogP contribution is 2.28. The minimum Gasteiger partial charge on any atom is -0.403 e. The molecule has 0 amide bonds. The van der Waals surface area contributed by atoms with Crippen LogP contribution in [-0.4, -0.2) is 4.20 Å². The number of thiocarbonyl (C=S) groups is 1. The van der Waals surface area contributed by atoms with Gasteiger partial charge in [0.15, 0.2) is 0 Å². The van der Waals surface area contributed by atoms with Crippen molar-refractivity contribution in [1.29, 1.82) is 0 Å². The molecule has 0 radical (unpaired) electrons. The maximum atomic E-state index is 5.70. The Labute approximate surface area is 182 Å². The second kappa shape index (κ2) is 11.9. The third-order valence-electron chi connectivity index (χ3n) is 4.61. The lowest BCUT2D eigenvalue weighted by Crippen LogP contribution is -2.12. The Kier molecular flexibility index (Phi) is 10.3. The molecule has 0 bridgehead atoms. The maximum Gasteiger partial charge on any atom is 0.0523 e. The summed E-state index contributed by atoms with van der Waals surface area (Å²) in [5.41, 5.74) is 13.5. The summed E-state index contributed by atoms with van der Waals surface area (Å²) >= 11 is 9.90. The van der Waals surface area contributed by atoms with E-state index in [1.54, 1.807) is 0 Å². The van der Waals surface area contributed by atoms with Crippen molar-refractivity contribution in [2.45, 2.75) is 47.0 Å². The second-order valence-corrected chi connectivity index (χ2v) is 8.68. The fourth-order valence-electron chi connectivity index (χ4n) is 3.00. The van der Waals surface area contributed by atoms with E-state index in [0.717, 1.165) is 36.0 Å². The summed E-state index contributed by atoms with van der Waals surface area (Å²) in [5, 5.41) is 0. The normalized spacial score (nSPS) is 14.0. The molecular formula is C25H33NS2. The van der Waals surface area contributed by atoms with Crippen molar-refractivity contribution in [2.75, 3.05) is 0 Å². The molecule has 0 aliphatic carbocycles. The Bertz CT molecular complexity index is 825. The Balaban J connectivity index is 3.08. The first kappa shape index (κ1) is 24.2. The van der Waals surface area contributed by atoms with Crippen LogP contribution in [0.15, 0.2) is 78.1 Å². The van der Waals surface area contributed by atoms with E-state index in [0.29, 0.717) is 9.89 Å². The molecule has 0 saturated carbocycles. The van der Waals surface area contributed by atoms with E-state index in [1.165, 1.54) is 16.7 Å². The fourth-order valence-corrected chi connectivity index (χ4v) is 3.52. The molecular weight excluding hydrogens is 378 g/mol. The molecule has 0 fully saturated rings. The molecule has 28 heavy (non-hydrogen) atoms. The molecule has 1 rings (SSSR count). The van der Waals surface area contributed by atoms with E-state index in [2.05, 4.69) is 89.1 Å². The van der Waals surface area contributed by atoms with Crippen LogP contribution in [0, 0.1) is 12.8 Å². The Morgan fingerprint density at radius 3 is 2.43 bits per heavy atom. The van der Waals surface area contributed by atoms with Crippen molar-refractivity contribution in [3.05, 3.63) is 89.2 Å². The van der Waals surface area contributed by atoms with Gasteiger partial charge in [-0.3, -0.25) is 0 Å². The topological polar surface area (TPSA) is 26.0 Å². The maximum absolute atomic E-state index is 5.70. The largest absolute Gasteiger partial charge is 0.403 e. The summed E-state index contributed by atoms with van der Waals surface area (Å²) in [6, 6.07) is 8.54. The molecule has 1 unspecified atom stereocenters. The molecule has 0 heterocycles. The van der Waals surface area contributed by atoms with Gasteiger partial charge >= 0.3 is 0 Å². The molecule has 0 aliphatic rings. The third kappa shape index (κ3) is 8.45. The molecule has 150 valence electrons. The van der Waals surface area contributed by atoms with Gasteiger partial charge in [0.1, 0.15) is 0 Å². The van der Waals surface area contributed by atoms with Crippen molar-refractivity contribution in [2.24, 2.45) is 11.7 Å². The smallest absolute Gasteiger partial charge is 0.0523 e. The van der Waals surface area contributed by atoms with Crippen LogP contribution in [0.1, 0.15) is 51.2 Å². The van der Waals surface area contributed by atoms with Gasteiger partial charge in [0.2, 0.25) is 0 Å². The number of hydrogen-bond acceptors (Lipinski definition) is 2. The highest BCUT2D eigenvalue weighted by Gasteiger charge is 2.17. The van der Waals surface area contributed by atoms with Gasteiger partial charge < -0.3 is 5.73 Å². The van der Waals surface area contributed by atoms with E-state index in [9.17, 15) is 0 Å². The number of hydrogen-bond donors (Lipinski definition) is 2. The summed E-state index contributed by atoms with van der Waals surface area (Å²) < 4.78 is 0.691. The van der Waals surface area contributed by atoms with Crippen molar-refractivity contribution in [3.8, 4) is 0 Å². The zero-order valence-corrected chi connectivity index (χ0v) is 19.3. The zero-order chi connectivity index (χ0) is 21.3. The lowest BCUT2D eigenvalue weighted by molar-refractivity contribution is 0.662. The van der Waals surface area contributed by atoms with E-state index >= 15 is 0 Å². The van der Waals surface area contributed by atoms with Crippen LogP contribution >= 0.6 is 24.8 Å². The summed E-state index contributed by atoms with van der Waals surface area (Å²) in [7, 11) is 0. The summed E-state index contributed by atoms with van der Waals surface area (Å²) in [5.74, 6) is 0.0837. The first-order valence-electron chi connectivity index (χ1n) is 9.57. The molecule has 1 aromatic rings. The SMILES string of the molecule is C=C(N)CCCC(C(=S)S)/C(=C/C(C)=C/C=C(\C)c1cccc(C)c1)C(=C)C. The van der Waals surface area contributed by atoms with Crippen LogP contribution in [0.5, 0.6) is 0 Å². The van der Waals surface area contributed by atoms with E-state index in [-0.39, 0.29) is 5.92 Å². The average Bonchev–Trinajstić information content (AvgIpc) is 2.61. The number of nitrogens with two attached hydrogens (primary N) is 1. The van der Waals surface area contributed by atoms with Crippen LogP contribution in [0.4, 0.5) is 0 Å². The monoisotopic (exact) mass is 411 g/mol. The molecule has 2 N–H and O–H groups in total. The van der Waals surface area contributed by atoms with Crippen LogP contribution in [0.2, 0.25) is 0 Å². The Hall–Kier alpha value is -1.84. The number of aryl methyl sites for hydroxylation is 1. The molecule has 1 aromatic carbocycles. The molecule has 0 spiro atoms. The van der Waals surface area contributed by atoms with Crippen LogP contribution in [0.25, 0.3) is 5.57 Å². The number of thiol groups is 1. The van der Waals surface area contributed by atoms with Gasteiger partial charge in [-0.2, -0.15) is 0 Å². The quantitative estimate of drug-likeness (QED) is 0.239. The zero-order valence-electron chi connectivity index (χ0n) is 17.6. The predicted molar refractivity (Wildman–Crippen MR) is 134 cm³/mol. The van der Waals surface area contributed by atoms with Crippen molar-refractivity contribution >= 4 is 34.6 Å². The number of rotatable bonds is 10. The lowest BCUT2D eigenvalue weighted by Gasteiger charge is -2.20. The van der Waals surface area contributed by atoms with Gasteiger partial charge in [0, 0.05) is 11.6 Å². The fraction of sp³-hybridized carbons (Fsp3) is 0.320. The van der Waals surface area contributed by atoms with Crippen molar-refractivity contribution < 1.29 is 0 Å². The summed E-state index contributed by atoms with van der Waals surface area (Å²) in [4.78, 5) is 0. The van der Waals surface area contributed by atoms with Gasteiger partial charge in [-0.15, -0.1) is 12.6 Å². The molecule has 1 atom stereocenters. The van der Waals surface area contributed by atoms with Gasteiger partial charge in [-0.1, -0.05) is 84.6 Å². The lowest BCUT2D eigenvalue weighted by atomic mass is 9.89. The molecule has 1 nitrogen and oxygen atoms in total. The Morgan fingerprint density at radius 1 is 1.21 bits per heavy atom. The first-order chi connectivity index (χ1) is 13.1. The minimum absolute atomic E-state index is 0.0837. The van der Waals surface area contributed by atoms with E-state index < -0.39 is 0 Å². The van der Waals surface area contributed by atoms with Gasteiger partial charge in [0.25, 0.3) is 0 Å². The predicted octanol–water partition coefficient (Wildman–Crippen LogP) is 7.36. The number of allylic oxidation sites excluding steroid dienone is 8. The highest BCUT2D eigenvalue weighted by molar-refractivity contribution is 8.11. The summed E-state index contributed by atoms with van der Waals surface area (Å²) in [6.07, 6.45) is 9.09. The van der Waals surface area contributed by atoms with Crippen molar-refractivity contribution in [3.63, 3.8) is 0 Å². The minimum atomic E-state index is 0.0837. The van der Waals surface area contributed by atoms with Crippen LogP contribution in [-0.2, 0) is 0 Å². The second-order valence-electron chi connectivity index (χ2n) is 7.45. The van der Waals surface area contributed by atoms with Gasteiger partial charge in [-0.05, 0) is 63.7 Å². The molecule has 0 aromatic heterocycles.